The summed E-state index contributed by atoms with van der Waals surface area (Å²) in [6.45, 7) is 0.790. The van der Waals surface area contributed by atoms with Gasteiger partial charge in [-0.25, -0.2) is 0 Å². The minimum Gasteiger partial charge on any atom is -0.384 e. The number of alkyl halides is 3. The molecule has 0 atom stereocenters. The summed E-state index contributed by atoms with van der Waals surface area (Å²) < 4.78 is 42.7. The third kappa shape index (κ3) is 3.27. The molecule has 1 aromatic carbocycles. The van der Waals surface area contributed by atoms with Crippen LogP contribution in [0, 0.1) is 16.7 Å². The van der Waals surface area contributed by atoms with E-state index in [-0.39, 0.29) is 11.2 Å². The highest BCUT2D eigenvalue weighted by Crippen LogP contribution is 2.57. The fourth-order valence-electron chi connectivity index (χ4n) is 4.41. The highest BCUT2D eigenvalue weighted by Gasteiger charge is 2.52. The molecular weight excluding hydrogens is 357 g/mol. The molecule has 1 heterocycles. The Bertz CT molecular complexity index is 859. The Hall–Kier alpha value is -2.56. The number of hydrogen-bond acceptors (Lipinski definition) is 5. The lowest BCUT2D eigenvalue weighted by molar-refractivity contribution is -0.159. The molecule has 3 aliphatic rings. The van der Waals surface area contributed by atoms with Crippen LogP contribution in [-0.2, 0) is 11.6 Å². The molecule has 142 valence electrons. The van der Waals surface area contributed by atoms with Crippen molar-refractivity contribution >= 4 is 5.69 Å². The maximum Gasteiger partial charge on any atom is 0.471 e. The SMILES string of the molecule is N#Cc1cccc(NCC23CCC(c4noc(C(F)(F)F)n4)(CC2)CC3)c1. The van der Waals surface area contributed by atoms with Gasteiger partial charge < -0.3 is 9.84 Å². The second kappa shape index (κ2) is 6.25. The van der Waals surface area contributed by atoms with Gasteiger partial charge in [-0.15, -0.1) is 0 Å². The first-order chi connectivity index (χ1) is 12.8. The summed E-state index contributed by atoms with van der Waals surface area (Å²) in [5.74, 6) is -1.05. The van der Waals surface area contributed by atoms with Gasteiger partial charge in [0.1, 0.15) is 0 Å². The van der Waals surface area contributed by atoms with Crippen LogP contribution >= 0.6 is 0 Å². The van der Waals surface area contributed by atoms with Crippen LogP contribution in [0.25, 0.3) is 0 Å². The Morgan fingerprint density at radius 2 is 1.85 bits per heavy atom. The molecule has 2 aromatic rings. The molecule has 0 radical (unpaired) electrons. The maximum absolute atomic E-state index is 12.8. The minimum absolute atomic E-state index is 0.126. The van der Waals surface area contributed by atoms with Gasteiger partial charge in [0.25, 0.3) is 0 Å². The van der Waals surface area contributed by atoms with Crippen molar-refractivity contribution in [1.82, 2.24) is 10.1 Å². The van der Waals surface area contributed by atoms with E-state index in [9.17, 15) is 13.2 Å². The summed E-state index contributed by atoms with van der Waals surface area (Å²) in [7, 11) is 0. The van der Waals surface area contributed by atoms with Crippen LogP contribution in [0.1, 0.15) is 55.8 Å². The number of hydrogen-bond donors (Lipinski definition) is 1. The molecule has 3 aliphatic carbocycles. The average Bonchev–Trinajstić information content (AvgIpc) is 3.20. The summed E-state index contributed by atoms with van der Waals surface area (Å²) in [6.07, 6.45) is 0.434. The monoisotopic (exact) mass is 376 g/mol. The van der Waals surface area contributed by atoms with Crippen LogP contribution in [0.15, 0.2) is 28.8 Å². The molecule has 0 amide bonds. The molecule has 8 heteroatoms. The number of nitriles is 1. The number of fused-ring (bicyclic) bond motifs is 3. The zero-order valence-electron chi connectivity index (χ0n) is 14.6. The molecular formula is C19H19F3N4O. The highest BCUT2D eigenvalue weighted by atomic mass is 19.4. The van der Waals surface area contributed by atoms with Gasteiger partial charge in [-0.3, -0.25) is 0 Å². The van der Waals surface area contributed by atoms with Crippen molar-refractivity contribution in [3.8, 4) is 6.07 Å². The predicted molar refractivity (Wildman–Crippen MR) is 90.8 cm³/mol. The molecule has 0 saturated heterocycles. The lowest BCUT2D eigenvalue weighted by Gasteiger charge is -2.52. The van der Waals surface area contributed by atoms with E-state index in [1.54, 1.807) is 6.07 Å². The van der Waals surface area contributed by atoms with Crippen molar-refractivity contribution < 1.29 is 17.7 Å². The summed E-state index contributed by atoms with van der Waals surface area (Å²) in [4.78, 5) is 3.66. The first-order valence-corrected chi connectivity index (χ1v) is 9.00. The number of benzene rings is 1. The lowest BCUT2D eigenvalue weighted by Crippen LogP contribution is -2.47. The van der Waals surface area contributed by atoms with Gasteiger partial charge in [-0.1, -0.05) is 11.2 Å². The van der Waals surface area contributed by atoms with E-state index in [2.05, 4.69) is 26.0 Å². The molecule has 27 heavy (non-hydrogen) atoms. The van der Waals surface area contributed by atoms with Gasteiger partial charge in [-0.2, -0.15) is 23.4 Å². The van der Waals surface area contributed by atoms with Crippen LogP contribution in [0.3, 0.4) is 0 Å². The van der Waals surface area contributed by atoms with Crippen LogP contribution in [0.4, 0.5) is 18.9 Å². The van der Waals surface area contributed by atoms with Crippen LogP contribution in [-0.4, -0.2) is 16.7 Å². The normalized spacial score (nSPS) is 27.3. The first-order valence-electron chi connectivity index (χ1n) is 9.00. The second-order valence-corrected chi connectivity index (χ2v) is 7.75. The van der Waals surface area contributed by atoms with Crippen molar-refractivity contribution in [3.63, 3.8) is 0 Å². The van der Waals surface area contributed by atoms with E-state index in [1.807, 2.05) is 18.2 Å². The fourth-order valence-corrected chi connectivity index (χ4v) is 4.41. The number of nitrogens with zero attached hydrogens (tertiary/aromatic N) is 3. The van der Waals surface area contributed by atoms with Gasteiger partial charge in [0.2, 0.25) is 0 Å². The molecule has 1 aromatic heterocycles. The molecule has 0 aliphatic heterocycles. The number of aromatic nitrogens is 2. The quantitative estimate of drug-likeness (QED) is 0.840. The third-order valence-electron chi connectivity index (χ3n) is 6.20. The van der Waals surface area contributed by atoms with E-state index in [1.165, 1.54) is 0 Å². The lowest BCUT2D eigenvalue weighted by atomic mass is 9.53. The predicted octanol–water partition coefficient (Wildman–Crippen LogP) is 4.66. The van der Waals surface area contributed by atoms with Crippen LogP contribution in [0.5, 0.6) is 0 Å². The largest absolute Gasteiger partial charge is 0.471 e. The van der Waals surface area contributed by atoms with E-state index in [0.29, 0.717) is 5.56 Å². The third-order valence-corrected chi connectivity index (χ3v) is 6.20. The Kier molecular flexibility index (Phi) is 4.13. The van der Waals surface area contributed by atoms with E-state index in [0.717, 1.165) is 50.8 Å². The summed E-state index contributed by atoms with van der Waals surface area (Å²) in [5, 5.41) is 16.1. The van der Waals surface area contributed by atoms with Gasteiger partial charge in [-0.05, 0) is 62.1 Å². The molecule has 3 saturated carbocycles. The van der Waals surface area contributed by atoms with Gasteiger partial charge >= 0.3 is 12.1 Å². The van der Waals surface area contributed by atoms with E-state index >= 15 is 0 Å². The zero-order valence-corrected chi connectivity index (χ0v) is 14.6. The molecule has 0 unspecified atom stereocenters. The zero-order chi connectivity index (χ0) is 19.1. The second-order valence-electron chi connectivity index (χ2n) is 7.75. The average molecular weight is 376 g/mol. The number of halogens is 3. The maximum atomic E-state index is 12.8. The Labute approximate surface area is 154 Å². The van der Waals surface area contributed by atoms with Gasteiger partial charge in [0.05, 0.1) is 11.6 Å². The Morgan fingerprint density at radius 3 is 2.44 bits per heavy atom. The van der Waals surface area contributed by atoms with Gasteiger partial charge in [0, 0.05) is 17.6 Å². The number of rotatable bonds is 4. The van der Waals surface area contributed by atoms with Gasteiger partial charge in [0.15, 0.2) is 5.82 Å². The van der Waals surface area contributed by atoms with Crippen molar-refractivity contribution in [3.05, 3.63) is 41.5 Å². The Balaban J connectivity index is 1.43. The molecule has 0 spiro atoms. The fraction of sp³-hybridized carbons (Fsp3) is 0.526. The number of anilines is 1. The summed E-state index contributed by atoms with van der Waals surface area (Å²) in [6, 6.07) is 9.50. The van der Waals surface area contributed by atoms with Crippen molar-refractivity contribution in [1.29, 1.82) is 5.26 Å². The van der Waals surface area contributed by atoms with E-state index in [4.69, 9.17) is 5.26 Å². The molecule has 5 nitrogen and oxygen atoms in total. The standard InChI is InChI=1S/C19H19F3N4O/c20-19(21,22)16-25-15(26-27-16)18-7-4-17(5-8-18,6-9-18)12-24-14-3-1-2-13(10-14)11-23/h1-3,10,24H,4-9,12H2. The molecule has 5 rings (SSSR count). The number of nitrogens with one attached hydrogen (secondary N) is 1. The minimum atomic E-state index is -4.60. The molecule has 1 N–H and O–H groups in total. The smallest absolute Gasteiger partial charge is 0.384 e. The summed E-state index contributed by atoms with van der Waals surface area (Å²) >= 11 is 0. The molecule has 2 bridgehead atoms. The van der Waals surface area contributed by atoms with Crippen LogP contribution < -0.4 is 5.32 Å². The Morgan fingerprint density at radius 1 is 1.15 bits per heavy atom. The van der Waals surface area contributed by atoms with Crippen LogP contribution in [0.2, 0.25) is 0 Å². The topological polar surface area (TPSA) is 74.7 Å². The molecule has 3 fully saturated rings. The van der Waals surface area contributed by atoms with Crippen molar-refractivity contribution in [2.24, 2.45) is 5.41 Å². The van der Waals surface area contributed by atoms with Crippen molar-refractivity contribution in [2.75, 3.05) is 11.9 Å². The first kappa shape index (κ1) is 17.8. The highest BCUT2D eigenvalue weighted by molar-refractivity contribution is 5.49. The summed E-state index contributed by atoms with van der Waals surface area (Å²) in [5.41, 5.74) is 1.26. The van der Waals surface area contributed by atoms with E-state index < -0.39 is 17.5 Å². The van der Waals surface area contributed by atoms with Crippen molar-refractivity contribution in [2.45, 2.75) is 50.1 Å².